The van der Waals surface area contributed by atoms with Gasteiger partial charge in [-0.1, -0.05) is 6.42 Å². The largest absolute Gasteiger partial charge is 0.298 e. The first-order valence-electron chi connectivity index (χ1n) is 4.10. The van der Waals surface area contributed by atoms with Crippen molar-refractivity contribution in [3.8, 4) is 12.3 Å². The maximum atomic E-state index is 5.28. The zero-order valence-corrected chi connectivity index (χ0v) is 6.21. The summed E-state index contributed by atoms with van der Waals surface area (Å²) in [5.41, 5.74) is 0. The Hall–Kier alpha value is -0.480. The van der Waals surface area contributed by atoms with E-state index in [1.807, 2.05) is 0 Å². The molecule has 2 rings (SSSR count). The number of hydrogen-bond donors (Lipinski definition) is 0. The standard InChI is InChI=1S/C9H13N/c1-2-8-6-10(7-8)9-4-3-5-9/h1,8-9H,3-7H2. The summed E-state index contributed by atoms with van der Waals surface area (Å²) in [5.74, 6) is 3.36. The fourth-order valence-corrected chi connectivity index (χ4v) is 1.67. The molecular formula is C9H13N. The van der Waals surface area contributed by atoms with Crippen LogP contribution in [-0.4, -0.2) is 24.0 Å². The van der Waals surface area contributed by atoms with Gasteiger partial charge in [0.1, 0.15) is 0 Å². The molecule has 1 saturated heterocycles. The van der Waals surface area contributed by atoms with E-state index in [0.717, 1.165) is 6.04 Å². The maximum absolute atomic E-state index is 5.28. The van der Waals surface area contributed by atoms with Crippen LogP contribution in [0.2, 0.25) is 0 Å². The van der Waals surface area contributed by atoms with Gasteiger partial charge in [-0.2, -0.15) is 0 Å². The fraction of sp³-hybridized carbons (Fsp3) is 0.778. The first-order chi connectivity index (χ1) is 4.90. The number of likely N-dealkylation sites (tertiary alicyclic amines) is 1. The van der Waals surface area contributed by atoms with Gasteiger partial charge < -0.3 is 0 Å². The Kier molecular flexibility index (Phi) is 1.43. The predicted octanol–water partition coefficient (Wildman–Crippen LogP) is 1.10. The molecule has 1 heteroatoms. The maximum Gasteiger partial charge on any atom is 0.0454 e. The van der Waals surface area contributed by atoms with Crippen molar-refractivity contribution in [3.63, 3.8) is 0 Å². The molecule has 1 aliphatic carbocycles. The second kappa shape index (κ2) is 2.29. The molecule has 0 aromatic rings. The average molecular weight is 135 g/mol. The molecule has 0 aromatic carbocycles. The molecule has 0 radical (unpaired) electrons. The monoisotopic (exact) mass is 135 g/mol. The Balaban J connectivity index is 1.75. The second-order valence-corrected chi connectivity index (χ2v) is 3.40. The van der Waals surface area contributed by atoms with Crippen LogP contribution in [0.25, 0.3) is 0 Å². The summed E-state index contributed by atoms with van der Waals surface area (Å²) in [7, 11) is 0. The number of rotatable bonds is 1. The third-order valence-electron chi connectivity index (χ3n) is 2.74. The lowest BCUT2D eigenvalue weighted by molar-refractivity contribution is 0.0396. The van der Waals surface area contributed by atoms with Crippen LogP contribution in [-0.2, 0) is 0 Å². The van der Waals surface area contributed by atoms with E-state index in [9.17, 15) is 0 Å². The van der Waals surface area contributed by atoms with Gasteiger partial charge in [0.2, 0.25) is 0 Å². The van der Waals surface area contributed by atoms with Crippen molar-refractivity contribution < 1.29 is 0 Å². The quantitative estimate of drug-likeness (QED) is 0.487. The van der Waals surface area contributed by atoms with Gasteiger partial charge in [-0.25, -0.2) is 0 Å². The molecule has 1 aliphatic heterocycles. The summed E-state index contributed by atoms with van der Waals surface area (Å²) in [6.07, 6.45) is 9.54. The molecule has 0 amide bonds. The lowest BCUT2D eigenvalue weighted by Crippen LogP contribution is -2.53. The Morgan fingerprint density at radius 3 is 2.40 bits per heavy atom. The minimum Gasteiger partial charge on any atom is -0.298 e. The zero-order chi connectivity index (χ0) is 6.97. The van der Waals surface area contributed by atoms with Crippen LogP contribution in [0.4, 0.5) is 0 Å². The van der Waals surface area contributed by atoms with E-state index >= 15 is 0 Å². The lowest BCUT2D eigenvalue weighted by atomic mass is 9.87. The van der Waals surface area contributed by atoms with E-state index in [2.05, 4.69) is 10.8 Å². The van der Waals surface area contributed by atoms with E-state index in [-0.39, 0.29) is 0 Å². The number of nitrogens with zero attached hydrogens (tertiary/aromatic N) is 1. The topological polar surface area (TPSA) is 3.24 Å². The van der Waals surface area contributed by atoms with Gasteiger partial charge in [-0.05, 0) is 12.8 Å². The fourth-order valence-electron chi connectivity index (χ4n) is 1.67. The third-order valence-corrected chi connectivity index (χ3v) is 2.74. The smallest absolute Gasteiger partial charge is 0.0454 e. The average Bonchev–Trinajstić information content (AvgIpc) is 1.72. The molecule has 0 N–H and O–H groups in total. The molecule has 0 atom stereocenters. The lowest BCUT2D eigenvalue weighted by Gasteiger charge is -2.46. The van der Waals surface area contributed by atoms with Crippen LogP contribution >= 0.6 is 0 Å². The Bertz CT molecular complexity index is 158. The summed E-state index contributed by atoms with van der Waals surface area (Å²) in [5, 5.41) is 0. The normalized spacial score (nSPS) is 28.7. The van der Waals surface area contributed by atoms with E-state index in [4.69, 9.17) is 6.42 Å². The summed E-state index contributed by atoms with van der Waals surface area (Å²) in [6.45, 7) is 2.34. The molecule has 1 heterocycles. The van der Waals surface area contributed by atoms with Crippen molar-refractivity contribution in [2.75, 3.05) is 13.1 Å². The van der Waals surface area contributed by atoms with Gasteiger partial charge in [0.25, 0.3) is 0 Å². The van der Waals surface area contributed by atoms with Crippen molar-refractivity contribution in [3.05, 3.63) is 0 Å². The van der Waals surface area contributed by atoms with Gasteiger partial charge in [0, 0.05) is 25.0 Å². The van der Waals surface area contributed by atoms with Crippen molar-refractivity contribution in [1.29, 1.82) is 0 Å². The Labute approximate surface area is 62.4 Å². The molecule has 2 fully saturated rings. The predicted molar refractivity (Wildman–Crippen MR) is 41.5 cm³/mol. The molecule has 0 spiro atoms. The highest BCUT2D eigenvalue weighted by molar-refractivity contribution is 5.03. The van der Waals surface area contributed by atoms with Crippen LogP contribution in [0.15, 0.2) is 0 Å². The van der Waals surface area contributed by atoms with Crippen molar-refractivity contribution >= 4 is 0 Å². The molecule has 0 bridgehead atoms. The molecule has 0 unspecified atom stereocenters. The minimum absolute atomic E-state index is 0.570. The van der Waals surface area contributed by atoms with Crippen molar-refractivity contribution in [2.45, 2.75) is 25.3 Å². The van der Waals surface area contributed by atoms with Crippen molar-refractivity contribution in [2.24, 2.45) is 5.92 Å². The van der Waals surface area contributed by atoms with E-state index in [1.165, 1.54) is 32.4 Å². The first kappa shape index (κ1) is 6.24. The highest BCUT2D eigenvalue weighted by Crippen LogP contribution is 2.30. The number of hydrogen-bond acceptors (Lipinski definition) is 1. The van der Waals surface area contributed by atoms with Crippen LogP contribution in [0.3, 0.4) is 0 Å². The number of terminal acetylenes is 1. The SMILES string of the molecule is C#CC1CN(C2CCC2)C1. The summed E-state index contributed by atoms with van der Waals surface area (Å²) < 4.78 is 0. The Morgan fingerprint density at radius 2 is 2.00 bits per heavy atom. The zero-order valence-electron chi connectivity index (χ0n) is 6.21. The highest BCUT2D eigenvalue weighted by Gasteiger charge is 2.33. The minimum atomic E-state index is 0.570. The first-order valence-corrected chi connectivity index (χ1v) is 4.10. The molecule has 54 valence electrons. The van der Waals surface area contributed by atoms with Gasteiger partial charge in [0.15, 0.2) is 0 Å². The molecule has 2 aliphatic rings. The molecular weight excluding hydrogens is 122 g/mol. The van der Waals surface area contributed by atoms with Crippen molar-refractivity contribution in [1.82, 2.24) is 4.90 Å². The third kappa shape index (κ3) is 0.839. The molecule has 0 aromatic heterocycles. The van der Waals surface area contributed by atoms with Gasteiger partial charge in [-0.15, -0.1) is 12.3 Å². The van der Waals surface area contributed by atoms with Crippen LogP contribution in [0, 0.1) is 18.3 Å². The van der Waals surface area contributed by atoms with Crippen LogP contribution in [0.1, 0.15) is 19.3 Å². The van der Waals surface area contributed by atoms with Gasteiger partial charge >= 0.3 is 0 Å². The second-order valence-electron chi connectivity index (χ2n) is 3.40. The van der Waals surface area contributed by atoms with E-state index in [0.29, 0.717) is 5.92 Å². The summed E-state index contributed by atoms with van der Waals surface area (Å²) in [4.78, 5) is 2.52. The highest BCUT2D eigenvalue weighted by atomic mass is 15.2. The van der Waals surface area contributed by atoms with Gasteiger partial charge in [-0.3, -0.25) is 4.90 Å². The summed E-state index contributed by atoms with van der Waals surface area (Å²) in [6, 6.07) is 0.907. The molecule has 1 nitrogen and oxygen atoms in total. The van der Waals surface area contributed by atoms with Gasteiger partial charge in [0.05, 0.1) is 0 Å². The molecule has 1 saturated carbocycles. The molecule has 10 heavy (non-hydrogen) atoms. The van der Waals surface area contributed by atoms with E-state index < -0.39 is 0 Å². The summed E-state index contributed by atoms with van der Waals surface area (Å²) >= 11 is 0. The Morgan fingerprint density at radius 1 is 1.30 bits per heavy atom. The van der Waals surface area contributed by atoms with Crippen LogP contribution < -0.4 is 0 Å². The van der Waals surface area contributed by atoms with E-state index in [1.54, 1.807) is 0 Å². The van der Waals surface area contributed by atoms with Crippen LogP contribution in [0.5, 0.6) is 0 Å².